The van der Waals surface area contributed by atoms with Crippen LogP contribution in [0, 0.1) is 5.82 Å². The first-order valence-electron chi connectivity index (χ1n) is 5.04. The van der Waals surface area contributed by atoms with Gasteiger partial charge in [-0.05, 0) is 29.7 Å². The molecule has 1 heterocycles. The molecule has 0 bridgehead atoms. The molecule has 0 unspecified atom stereocenters. The molecule has 0 fully saturated rings. The van der Waals surface area contributed by atoms with Gasteiger partial charge in [-0.1, -0.05) is 6.08 Å². The van der Waals surface area contributed by atoms with Crippen molar-refractivity contribution in [2.45, 2.75) is 6.42 Å². The van der Waals surface area contributed by atoms with Gasteiger partial charge in [0.15, 0.2) is 5.78 Å². The fraction of sp³-hybridized carbons (Fsp3) is 0.0769. The van der Waals surface area contributed by atoms with Crippen LogP contribution >= 0.6 is 0 Å². The third kappa shape index (κ3) is 1.25. The van der Waals surface area contributed by atoms with Crippen molar-refractivity contribution in [1.29, 1.82) is 0 Å². The van der Waals surface area contributed by atoms with E-state index in [1.165, 1.54) is 12.1 Å². The molecule has 0 saturated heterocycles. The van der Waals surface area contributed by atoms with Crippen LogP contribution in [0.4, 0.5) is 4.39 Å². The fourth-order valence-corrected chi connectivity index (χ4v) is 2.00. The Labute approximate surface area is 91.4 Å². The Morgan fingerprint density at radius 2 is 2.19 bits per heavy atom. The molecule has 2 aromatic rings. The van der Waals surface area contributed by atoms with Gasteiger partial charge in [-0.3, -0.25) is 9.78 Å². The molecule has 1 aliphatic carbocycles. The Kier molecular flexibility index (Phi) is 1.86. The number of allylic oxidation sites excluding steroid dienone is 1. The SMILES string of the molecule is O=C1CC=Cc2ncc3ccc(F)cc3c21. The molecular formula is C13H8FNO. The summed E-state index contributed by atoms with van der Waals surface area (Å²) in [5, 5.41) is 1.45. The molecule has 3 heteroatoms. The number of nitrogens with zero attached hydrogens (tertiary/aromatic N) is 1. The Morgan fingerprint density at radius 3 is 3.06 bits per heavy atom. The number of benzene rings is 1. The van der Waals surface area contributed by atoms with Gasteiger partial charge in [0.05, 0.1) is 11.3 Å². The molecule has 0 aliphatic heterocycles. The lowest BCUT2D eigenvalue weighted by molar-refractivity contribution is 0.0996. The van der Waals surface area contributed by atoms with Crippen molar-refractivity contribution in [2.24, 2.45) is 0 Å². The quantitative estimate of drug-likeness (QED) is 0.673. The lowest BCUT2D eigenvalue weighted by Gasteiger charge is -2.11. The Morgan fingerprint density at radius 1 is 1.31 bits per heavy atom. The summed E-state index contributed by atoms with van der Waals surface area (Å²) in [5.74, 6) is -0.329. The predicted molar refractivity (Wildman–Crippen MR) is 59.7 cm³/mol. The largest absolute Gasteiger partial charge is 0.294 e. The molecule has 1 aromatic carbocycles. The average Bonchev–Trinajstić information content (AvgIpc) is 2.28. The summed E-state index contributed by atoms with van der Waals surface area (Å²) in [4.78, 5) is 16.0. The van der Waals surface area contributed by atoms with Gasteiger partial charge in [-0.2, -0.15) is 0 Å². The summed E-state index contributed by atoms with van der Waals surface area (Å²) >= 11 is 0. The maximum atomic E-state index is 13.2. The highest BCUT2D eigenvalue weighted by atomic mass is 19.1. The predicted octanol–water partition coefficient (Wildman–Crippen LogP) is 2.97. The summed E-state index contributed by atoms with van der Waals surface area (Å²) in [5.41, 5.74) is 1.17. The van der Waals surface area contributed by atoms with E-state index in [9.17, 15) is 9.18 Å². The van der Waals surface area contributed by atoms with E-state index in [0.29, 0.717) is 23.1 Å². The van der Waals surface area contributed by atoms with E-state index < -0.39 is 0 Å². The van der Waals surface area contributed by atoms with E-state index >= 15 is 0 Å². The molecule has 0 spiro atoms. The normalized spacial score (nSPS) is 14.2. The molecule has 0 saturated carbocycles. The number of aromatic nitrogens is 1. The number of fused-ring (bicyclic) bond motifs is 3. The lowest BCUT2D eigenvalue weighted by atomic mass is 9.95. The summed E-state index contributed by atoms with van der Waals surface area (Å²) < 4.78 is 13.2. The molecular weight excluding hydrogens is 205 g/mol. The number of ketones is 1. The highest BCUT2D eigenvalue weighted by molar-refractivity contribution is 6.12. The summed E-state index contributed by atoms with van der Waals surface area (Å²) in [6.07, 6.45) is 5.62. The molecule has 0 atom stereocenters. The minimum Gasteiger partial charge on any atom is -0.294 e. The zero-order valence-electron chi connectivity index (χ0n) is 8.40. The molecule has 2 nitrogen and oxygen atoms in total. The zero-order chi connectivity index (χ0) is 11.1. The molecule has 16 heavy (non-hydrogen) atoms. The van der Waals surface area contributed by atoms with E-state index in [0.717, 1.165) is 5.39 Å². The fourth-order valence-electron chi connectivity index (χ4n) is 2.00. The summed E-state index contributed by atoms with van der Waals surface area (Å²) in [6.45, 7) is 0. The van der Waals surface area contributed by atoms with Gasteiger partial charge < -0.3 is 0 Å². The number of carbonyl (C=O) groups excluding carboxylic acids is 1. The number of carbonyl (C=O) groups is 1. The Hall–Kier alpha value is -2.03. The zero-order valence-corrected chi connectivity index (χ0v) is 8.40. The molecule has 0 amide bonds. The Bertz CT molecular complexity index is 631. The molecule has 1 aromatic heterocycles. The highest BCUT2D eigenvalue weighted by Crippen LogP contribution is 2.26. The van der Waals surface area contributed by atoms with Crippen LogP contribution in [0.25, 0.3) is 16.8 Å². The smallest absolute Gasteiger partial charge is 0.169 e. The number of rotatable bonds is 0. The van der Waals surface area contributed by atoms with Gasteiger partial charge in [0.2, 0.25) is 0 Å². The average molecular weight is 213 g/mol. The van der Waals surface area contributed by atoms with Crippen LogP contribution in [0.1, 0.15) is 22.5 Å². The van der Waals surface area contributed by atoms with Crippen molar-refractivity contribution < 1.29 is 9.18 Å². The number of halogens is 1. The van der Waals surface area contributed by atoms with Crippen LogP contribution in [-0.4, -0.2) is 10.8 Å². The van der Waals surface area contributed by atoms with Crippen LogP contribution in [-0.2, 0) is 0 Å². The number of hydrogen-bond acceptors (Lipinski definition) is 2. The molecule has 1 aliphatic rings. The monoisotopic (exact) mass is 213 g/mol. The minimum atomic E-state index is -0.330. The Balaban J connectivity index is 2.46. The van der Waals surface area contributed by atoms with Crippen molar-refractivity contribution in [1.82, 2.24) is 4.98 Å². The lowest BCUT2D eigenvalue weighted by Crippen LogP contribution is -2.07. The van der Waals surface area contributed by atoms with Crippen LogP contribution in [0.5, 0.6) is 0 Å². The van der Waals surface area contributed by atoms with Crippen LogP contribution in [0.15, 0.2) is 30.5 Å². The van der Waals surface area contributed by atoms with Gasteiger partial charge in [-0.25, -0.2) is 4.39 Å². The standard InChI is InChI=1S/C13H8FNO/c14-9-5-4-8-7-15-11-2-1-3-12(16)13(11)10(8)6-9/h1-2,4-7H,3H2. The number of hydrogen-bond donors (Lipinski definition) is 0. The number of Topliss-reactive ketones (excluding diaryl/α,β-unsaturated/α-hetero) is 1. The van der Waals surface area contributed by atoms with Crippen LogP contribution < -0.4 is 0 Å². The second-order valence-electron chi connectivity index (χ2n) is 3.78. The second kappa shape index (κ2) is 3.23. The summed E-state index contributed by atoms with van der Waals surface area (Å²) in [6, 6.07) is 4.41. The topological polar surface area (TPSA) is 30.0 Å². The van der Waals surface area contributed by atoms with Crippen molar-refractivity contribution >= 4 is 22.6 Å². The first kappa shape index (κ1) is 9.21. The van der Waals surface area contributed by atoms with E-state index in [1.807, 2.05) is 0 Å². The van der Waals surface area contributed by atoms with E-state index in [2.05, 4.69) is 4.98 Å². The second-order valence-corrected chi connectivity index (χ2v) is 3.78. The molecule has 3 rings (SSSR count). The van der Waals surface area contributed by atoms with Crippen molar-refractivity contribution in [3.05, 3.63) is 47.5 Å². The maximum absolute atomic E-state index is 13.2. The minimum absolute atomic E-state index is 0.00111. The van der Waals surface area contributed by atoms with E-state index in [-0.39, 0.29) is 11.6 Å². The van der Waals surface area contributed by atoms with E-state index in [4.69, 9.17) is 0 Å². The van der Waals surface area contributed by atoms with Crippen molar-refractivity contribution in [3.8, 4) is 0 Å². The molecule has 0 radical (unpaired) electrons. The van der Waals surface area contributed by atoms with Gasteiger partial charge in [0, 0.05) is 18.0 Å². The molecule has 0 N–H and O–H groups in total. The van der Waals surface area contributed by atoms with Crippen LogP contribution in [0.2, 0.25) is 0 Å². The van der Waals surface area contributed by atoms with E-state index in [1.54, 1.807) is 24.4 Å². The maximum Gasteiger partial charge on any atom is 0.169 e. The van der Waals surface area contributed by atoms with Gasteiger partial charge in [-0.15, -0.1) is 0 Å². The third-order valence-corrected chi connectivity index (χ3v) is 2.74. The van der Waals surface area contributed by atoms with Gasteiger partial charge in [0.25, 0.3) is 0 Å². The first-order valence-corrected chi connectivity index (χ1v) is 5.04. The highest BCUT2D eigenvalue weighted by Gasteiger charge is 2.17. The summed E-state index contributed by atoms with van der Waals surface area (Å²) in [7, 11) is 0. The van der Waals surface area contributed by atoms with Gasteiger partial charge in [0.1, 0.15) is 5.82 Å². The molecule has 78 valence electrons. The third-order valence-electron chi connectivity index (χ3n) is 2.74. The van der Waals surface area contributed by atoms with Crippen molar-refractivity contribution in [2.75, 3.05) is 0 Å². The van der Waals surface area contributed by atoms with Crippen LogP contribution in [0.3, 0.4) is 0 Å². The number of pyridine rings is 1. The van der Waals surface area contributed by atoms with Gasteiger partial charge >= 0.3 is 0 Å². The van der Waals surface area contributed by atoms with Crippen molar-refractivity contribution in [3.63, 3.8) is 0 Å². The first-order chi connectivity index (χ1) is 7.75.